The minimum Gasteiger partial charge on any atom is -0.315 e. The number of rotatable bonds is 3. The van der Waals surface area contributed by atoms with Crippen LogP contribution in [0.5, 0.6) is 0 Å². The van der Waals surface area contributed by atoms with E-state index in [1.54, 1.807) is 0 Å². The molecule has 2 N–H and O–H groups in total. The summed E-state index contributed by atoms with van der Waals surface area (Å²) in [5, 5.41) is 15.8. The first kappa shape index (κ1) is 14.0. The Morgan fingerprint density at radius 2 is 2.24 bits per heavy atom. The van der Waals surface area contributed by atoms with Gasteiger partial charge in [-0.2, -0.15) is 5.26 Å². The maximum absolute atomic E-state index is 8.97. The third kappa shape index (κ3) is 4.01. The highest BCUT2D eigenvalue weighted by Gasteiger charge is 2.12. The molecule has 1 saturated heterocycles. The maximum atomic E-state index is 8.97. The molecule has 1 aromatic rings. The first-order valence-corrected chi connectivity index (χ1v) is 5.82. The highest BCUT2D eigenvalue weighted by Crippen LogP contribution is 2.08. The summed E-state index contributed by atoms with van der Waals surface area (Å²) in [5.74, 6) is 0. The molecule has 1 atom stereocenters. The van der Waals surface area contributed by atoms with Gasteiger partial charge in [-0.3, -0.25) is 0 Å². The van der Waals surface area contributed by atoms with Crippen LogP contribution in [-0.4, -0.2) is 19.1 Å². The average molecular weight is 252 g/mol. The van der Waals surface area contributed by atoms with Crippen LogP contribution in [0.2, 0.25) is 0 Å². The van der Waals surface area contributed by atoms with Crippen molar-refractivity contribution in [1.82, 2.24) is 10.6 Å². The molecule has 1 aromatic carbocycles. The second kappa shape index (κ2) is 7.29. The summed E-state index contributed by atoms with van der Waals surface area (Å²) in [5.41, 5.74) is 1.87. The largest absolute Gasteiger partial charge is 0.315 e. The Morgan fingerprint density at radius 3 is 2.94 bits per heavy atom. The molecule has 17 heavy (non-hydrogen) atoms. The summed E-state index contributed by atoms with van der Waals surface area (Å²) in [6.45, 7) is 2.96. The Bertz CT molecular complexity index is 380. The molecule has 0 aliphatic carbocycles. The number of nitrogens with one attached hydrogen (secondary N) is 2. The molecule has 1 aliphatic heterocycles. The van der Waals surface area contributed by atoms with Crippen molar-refractivity contribution in [3.05, 3.63) is 35.4 Å². The van der Waals surface area contributed by atoms with Gasteiger partial charge >= 0.3 is 0 Å². The van der Waals surface area contributed by atoms with E-state index in [4.69, 9.17) is 5.26 Å². The lowest BCUT2D eigenvalue weighted by atomic mass is 10.1. The first-order chi connectivity index (χ1) is 7.90. The predicted octanol–water partition coefficient (Wildman–Crippen LogP) is 1.82. The quantitative estimate of drug-likeness (QED) is 0.862. The Kier molecular flexibility index (Phi) is 5.99. The van der Waals surface area contributed by atoms with Gasteiger partial charge in [-0.1, -0.05) is 18.2 Å². The zero-order chi connectivity index (χ0) is 11.2. The molecule has 0 aromatic heterocycles. The zero-order valence-corrected chi connectivity index (χ0v) is 10.6. The predicted molar refractivity (Wildman–Crippen MR) is 71.1 cm³/mol. The van der Waals surface area contributed by atoms with Crippen LogP contribution in [0.1, 0.15) is 24.0 Å². The Hall–Kier alpha value is -1.08. The summed E-state index contributed by atoms with van der Waals surface area (Å²) in [6.07, 6.45) is 2.46. The molecule has 0 radical (unpaired) electrons. The van der Waals surface area contributed by atoms with E-state index in [9.17, 15) is 0 Å². The molecular weight excluding hydrogens is 234 g/mol. The Morgan fingerprint density at radius 1 is 1.41 bits per heavy atom. The fraction of sp³-hybridized carbons (Fsp3) is 0.462. The van der Waals surface area contributed by atoms with Crippen LogP contribution in [-0.2, 0) is 6.54 Å². The molecule has 1 fully saturated rings. The van der Waals surface area contributed by atoms with Gasteiger partial charge in [-0.15, -0.1) is 12.4 Å². The first-order valence-electron chi connectivity index (χ1n) is 5.82. The van der Waals surface area contributed by atoms with E-state index < -0.39 is 0 Å². The smallest absolute Gasteiger partial charge is 0.0995 e. The summed E-state index contributed by atoms with van der Waals surface area (Å²) >= 11 is 0. The van der Waals surface area contributed by atoms with Crippen molar-refractivity contribution in [2.24, 2.45) is 0 Å². The van der Waals surface area contributed by atoms with Crippen LogP contribution < -0.4 is 10.6 Å². The van der Waals surface area contributed by atoms with Crippen molar-refractivity contribution in [1.29, 1.82) is 5.26 Å². The van der Waals surface area contributed by atoms with E-state index in [1.165, 1.54) is 12.8 Å². The minimum atomic E-state index is 0. The van der Waals surface area contributed by atoms with E-state index in [0.29, 0.717) is 6.04 Å². The standard InChI is InChI=1S/C13H17N3.ClH/c14-8-11-4-1-2-5-12(11)9-16-13-6-3-7-15-10-13;/h1-2,4-5,13,15-16H,3,6-7,9-10H2;1H. The van der Waals surface area contributed by atoms with Crippen molar-refractivity contribution < 1.29 is 0 Å². The molecule has 0 saturated carbocycles. The van der Waals surface area contributed by atoms with Gasteiger partial charge < -0.3 is 10.6 Å². The summed E-state index contributed by atoms with van der Waals surface area (Å²) in [4.78, 5) is 0. The Labute approximate surface area is 109 Å². The van der Waals surface area contributed by atoms with Gasteiger partial charge in [0.25, 0.3) is 0 Å². The second-order valence-corrected chi connectivity index (χ2v) is 4.19. The zero-order valence-electron chi connectivity index (χ0n) is 9.78. The molecule has 1 aliphatic rings. The lowest BCUT2D eigenvalue weighted by Gasteiger charge is -2.24. The van der Waals surface area contributed by atoms with Crippen LogP contribution in [0.25, 0.3) is 0 Å². The lowest BCUT2D eigenvalue weighted by molar-refractivity contribution is 0.389. The van der Waals surface area contributed by atoms with Gasteiger partial charge in [0, 0.05) is 19.1 Å². The molecule has 92 valence electrons. The Balaban J connectivity index is 0.00000144. The monoisotopic (exact) mass is 251 g/mol. The van der Waals surface area contributed by atoms with Crippen LogP contribution >= 0.6 is 12.4 Å². The molecule has 1 unspecified atom stereocenters. The number of hydrogen-bond acceptors (Lipinski definition) is 3. The molecule has 0 bridgehead atoms. The molecule has 0 spiro atoms. The number of nitriles is 1. The van der Waals surface area contributed by atoms with Gasteiger partial charge in [0.15, 0.2) is 0 Å². The average Bonchev–Trinajstić information content (AvgIpc) is 2.38. The highest BCUT2D eigenvalue weighted by atomic mass is 35.5. The second-order valence-electron chi connectivity index (χ2n) is 4.19. The van der Waals surface area contributed by atoms with Crippen LogP contribution in [0.4, 0.5) is 0 Å². The van der Waals surface area contributed by atoms with Crippen LogP contribution in [0.15, 0.2) is 24.3 Å². The number of nitrogens with zero attached hydrogens (tertiary/aromatic N) is 1. The fourth-order valence-corrected chi connectivity index (χ4v) is 2.06. The summed E-state index contributed by atoms with van der Waals surface area (Å²) in [7, 11) is 0. The van der Waals surface area contributed by atoms with Gasteiger partial charge in [0.1, 0.15) is 0 Å². The normalized spacial score (nSPS) is 19.1. The molecule has 3 nitrogen and oxygen atoms in total. The number of hydrogen-bond donors (Lipinski definition) is 2. The highest BCUT2D eigenvalue weighted by molar-refractivity contribution is 5.85. The van der Waals surface area contributed by atoms with Crippen LogP contribution in [0.3, 0.4) is 0 Å². The summed E-state index contributed by atoms with van der Waals surface area (Å²) in [6, 6.07) is 10.5. The van der Waals surface area contributed by atoms with Crippen molar-refractivity contribution >= 4 is 12.4 Å². The molecule has 2 rings (SSSR count). The van der Waals surface area contributed by atoms with Crippen molar-refractivity contribution in [3.63, 3.8) is 0 Å². The third-order valence-electron chi connectivity index (χ3n) is 3.02. The SMILES string of the molecule is Cl.N#Cc1ccccc1CNC1CCCNC1. The van der Waals surface area contributed by atoms with Gasteiger partial charge in [-0.25, -0.2) is 0 Å². The number of halogens is 1. The number of piperidine rings is 1. The molecule has 0 amide bonds. The van der Waals surface area contributed by atoms with E-state index in [1.807, 2.05) is 24.3 Å². The molecule has 4 heteroatoms. The van der Waals surface area contributed by atoms with Crippen molar-refractivity contribution in [2.75, 3.05) is 13.1 Å². The van der Waals surface area contributed by atoms with Crippen LogP contribution in [0, 0.1) is 11.3 Å². The topological polar surface area (TPSA) is 47.9 Å². The van der Waals surface area contributed by atoms with Gasteiger partial charge in [0.05, 0.1) is 11.6 Å². The molecular formula is C13H18ClN3. The maximum Gasteiger partial charge on any atom is 0.0995 e. The van der Waals surface area contributed by atoms with E-state index >= 15 is 0 Å². The molecule has 1 heterocycles. The lowest BCUT2D eigenvalue weighted by Crippen LogP contribution is -2.42. The third-order valence-corrected chi connectivity index (χ3v) is 3.02. The van der Waals surface area contributed by atoms with Gasteiger partial charge in [0.2, 0.25) is 0 Å². The van der Waals surface area contributed by atoms with Crippen molar-refractivity contribution in [3.8, 4) is 6.07 Å². The minimum absolute atomic E-state index is 0. The van der Waals surface area contributed by atoms with E-state index in [-0.39, 0.29) is 12.4 Å². The fourth-order valence-electron chi connectivity index (χ4n) is 2.06. The summed E-state index contributed by atoms with van der Waals surface area (Å²) < 4.78 is 0. The van der Waals surface area contributed by atoms with Gasteiger partial charge in [-0.05, 0) is 31.0 Å². The van der Waals surface area contributed by atoms with Crippen molar-refractivity contribution in [2.45, 2.75) is 25.4 Å². The van der Waals surface area contributed by atoms with E-state index in [2.05, 4.69) is 16.7 Å². The van der Waals surface area contributed by atoms with E-state index in [0.717, 1.165) is 30.8 Å². The number of benzene rings is 1.